The Hall–Kier alpha value is -4.35. The number of rotatable bonds is 12. The molecular weight excluding hydrogens is 580 g/mol. The zero-order chi connectivity index (χ0) is 31.4. The van der Waals surface area contributed by atoms with Gasteiger partial charge in [0.2, 0.25) is 6.29 Å². The molecule has 0 spiro atoms. The molecule has 2 heterocycles. The van der Waals surface area contributed by atoms with E-state index in [0.717, 1.165) is 5.56 Å². The molecule has 2 aliphatic rings. The van der Waals surface area contributed by atoms with E-state index in [1.54, 1.807) is 60.7 Å². The molecule has 10 heteroatoms. The van der Waals surface area contributed by atoms with Crippen molar-refractivity contribution < 1.29 is 47.5 Å². The Morgan fingerprint density at radius 2 is 1.29 bits per heavy atom. The van der Waals surface area contributed by atoms with Crippen molar-refractivity contribution >= 4 is 17.9 Å². The van der Waals surface area contributed by atoms with E-state index in [-0.39, 0.29) is 13.2 Å². The highest BCUT2D eigenvalue weighted by Gasteiger charge is 2.38. The molecule has 10 nitrogen and oxygen atoms in total. The van der Waals surface area contributed by atoms with Gasteiger partial charge in [-0.2, -0.15) is 0 Å². The van der Waals surface area contributed by atoms with Crippen LogP contribution in [0.25, 0.3) is 0 Å². The molecule has 0 N–H and O–H groups in total. The average molecular weight is 617 g/mol. The van der Waals surface area contributed by atoms with E-state index >= 15 is 0 Å². The monoisotopic (exact) mass is 616 g/mol. The molecule has 0 aromatic heterocycles. The van der Waals surface area contributed by atoms with Gasteiger partial charge in [0.1, 0.15) is 31.5 Å². The second-order valence-corrected chi connectivity index (χ2v) is 10.6. The van der Waals surface area contributed by atoms with E-state index in [1.165, 1.54) is 6.92 Å². The molecule has 45 heavy (non-hydrogen) atoms. The van der Waals surface area contributed by atoms with Crippen molar-refractivity contribution in [3.63, 3.8) is 0 Å². The number of benzene rings is 3. The molecule has 0 saturated carbocycles. The molecule has 236 valence electrons. The van der Waals surface area contributed by atoms with Gasteiger partial charge in [-0.15, -0.1) is 0 Å². The van der Waals surface area contributed by atoms with E-state index in [1.807, 2.05) is 42.5 Å². The van der Waals surface area contributed by atoms with Crippen LogP contribution in [0, 0.1) is 0 Å². The summed E-state index contributed by atoms with van der Waals surface area (Å²) in [7, 11) is 0. The molecular formula is C35H36O10. The van der Waals surface area contributed by atoms with E-state index < -0.39 is 54.9 Å². The largest absolute Gasteiger partial charge is 0.459 e. The lowest BCUT2D eigenvalue weighted by Crippen LogP contribution is -2.48. The van der Waals surface area contributed by atoms with Crippen molar-refractivity contribution in [3.8, 4) is 0 Å². The van der Waals surface area contributed by atoms with Gasteiger partial charge in [0.05, 0.1) is 23.8 Å². The maximum Gasteiger partial charge on any atom is 0.338 e. The Bertz CT molecular complexity index is 1410. The Morgan fingerprint density at radius 1 is 0.711 bits per heavy atom. The molecule has 1 saturated heterocycles. The van der Waals surface area contributed by atoms with Crippen molar-refractivity contribution in [3.05, 3.63) is 120 Å². The smallest absolute Gasteiger partial charge is 0.338 e. The molecule has 2 aliphatic heterocycles. The van der Waals surface area contributed by atoms with Gasteiger partial charge in [-0.05, 0) is 42.3 Å². The first-order valence-corrected chi connectivity index (χ1v) is 14.9. The van der Waals surface area contributed by atoms with Gasteiger partial charge in [0, 0.05) is 13.3 Å². The number of hydrogen-bond acceptors (Lipinski definition) is 10. The minimum Gasteiger partial charge on any atom is -0.459 e. The van der Waals surface area contributed by atoms with Gasteiger partial charge in [-0.25, -0.2) is 9.59 Å². The topological polar surface area (TPSA) is 116 Å². The van der Waals surface area contributed by atoms with Crippen LogP contribution in [0.15, 0.2) is 103 Å². The summed E-state index contributed by atoms with van der Waals surface area (Å²) in [6.07, 6.45) is 0.241. The Labute approximate surface area is 261 Å². The normalized spacial score (nSPS) is 24.4. The molecule has 6 atom stereocenters. The van der Waals surface area contributed by atoms with Crippen LogP contribution >= 0.6 is 0 Å². The third-order valence-electron chi connectivity index (χ3n) is 7.23. The maximum absolute atomic E-state index is 12.7. The third-order valence-corrected chi connectivity index (χ3v) is 7.23. The summed E-state index contributed by atoms with van der Waals surface area (Å²) in [6, 6.07) is 27.0. The fourth-order valence-corrected chi connectivity index (χ4v) is 4.97. The van der Waals surface area contributed by atoms with E-state index in [0.29, 0.717) is 30.6 Å². The Kier molecular flexibility index (Phi) is 11.5. The second-order valence-electron chi connectivity index (χ2n) is 10.6. The van der Waals surface area contributed by atoms with Gasteiger partial charge in [0.15, 0.2) is 6.29 Å². The van der Waals surface area contributed by atoms with Crippen LogP contribution in [0.5, 0.6) is 0 Å². The number of carbonyl (C=O) groups excluding carboxylic acids is 3. The summed E-state index contributed by atoms with van der Waals surface area (Å²) in [5, 5.41) is 0. The number of ether oxygens (including phenoxy) is 7. The fourth-order valence-electron chi connectivity index (χ4n) is 4.97. The van der Waals surface area contributed by atoms with Gasteiger partial charge in [-0.1, -0.05) is 72.8 Å². The van der Waals surface area contributed by atoms with Gasteiger partial charge in [-0.3, -0.25) is 4.79 Å². The van der Waals surface area contributed by atoms with Crippen LogP contribution in [0.3, 0.4) is 0 Å². The van der Waals surface area contributed by atoms with Crippen molar-refractivity contribution in [2.75, 3.05) is 13.2 Å². The maximum atomic E-state index is 12.7. The molecule has 1 unspecified atom stereocenters. The van der Waals surface area contributed by atoms with E-state index in [9.17, 15) is 14.4 Å². The van der Waals surface area contributed by atoms with Gasteiger partial charge < -0.3 is 33.2 Å². The zero-order valence-electron chi connectivity index (χ0n) is 24.9. The SMILES string of the molecule is CC(=O)O[C@@H]1CC[C@H](OC2C=C[C@H](OCc3ccccc3)[C@@H](COC(=O)c3ccccc3)O2)[C@@H](COC(=O)c2ccccc2)O1. The molecule has 1 fully saturated rings. The van der Waals surface area contributed by atoms with Crippen LogP contribution in [-0.2, 0) is 44.6 Å². The van der Waals surface area contributed by atoms with E-state index in [4.69, 9.17) is 33.2 Å². The van der Waals surface area contributed by atoms with Crippen LogP contribution in [0.4, 0.5) is 0 Å². The fraction of sp³-hybridized carbons (Fsp3) is 0.343. The third kappa shape index (κ3) is 9.57. The Balaban J connectivity index is 1.25. The first-order chi connectivity index (χ1) is 21.9. The predicted octanol–water partition coefficient (Wildman–Crippen LogP) is 5.02. The highest BCUT2D eigenvalue weighted by molar-refractivity contribution is 5.89. The van der Waals surface area contributed by atoms with Crippen molar-refractivity contribution in [2.45, 2.75) is 63.4 Å². The van der Waals surface area contributed by atoms with Crippen molar-refractivity contribution in [1.29, 1.82) is 0 Å². The number of hydrogen-bond donors (Lipinski definition) is 0. The molecule has 0 amide bonds. The van der Waals surface area contributed by atoms with Gasteiger partial charge >= 0.3 is 17.9 Å². The lowest BCUT2D eigenvalue weighted by Gasteiger charge is -2.38. The molecule has 3 aromatic rings. The lowest BCUT2D eigenvalue weighted by atomic mass is 10.0. The summed E-state index contributed by atoms with van der Waals surface area (Å²) in [5.74, 6) is -1.47. The second kappa shape index (κ2) is 16.1. The van der Waals surface area contributed by atoms with Crippen LogP contribution in [0.2, 0.25) is 0 Å². The van der Waals surface area contributed by atoms with Crippen LogP contribution in [-0.4, -0.2) is 68.1 Å². The highest BCUT2D eigenvalue weighted by atomic mass is 16.7. The summed E-state index contributed by atoms with van der Waals surface area (Å²) in [6.45, 7) is 1.42. The molecule has 0 aliphatic carbocycles. The molecule has 0 radical (unpaired) electrons. The van der Waals surface area contributed by atoms with Crippen LogP contribution < -0.4 is 0 Å². The standard InChI is InChI=1S/C35H36O10/c1-24(36)42-32-20-18-29(31(45-32)23-41-35(38)27-15-9-4-10-16-27)43-33-19-17-28(39-21-25-11-5-2-6-12-25)30(44-33)22-40-34(37)26-13-7-3-8-14-26/h2-17,19,28-33H,18,20-23H2,1H3/t28-,29-,30+,31+,32-,33?/m0/s1. The summed E-state index contributed by atoms with van der Waals surface area (Å²) < 4.78 is 41.1. The average Bonchev–Trinajstić information content (AvgIpc) is 3.07. The Morgan fingerprint density at radius 3 is 1.89 bits per heavy atom. The minimum absolute atomic E-state index is 0.0782. The highest BCUT2D eigenvalue weighted by Crippen LogP contribution is 2.28. The zero-order valence-corrected chi connectivity index (χ0v) is 24.9. The summed E-state index contributed by atoms with van der Waals surface area (Å²) >= 11 is 0. The quantitative estimate of drug-likeness (QED) is 0.156. The molecule has 0 bridgehead atoms. The summed E-state index contributed by atoms with van der Waals surface area (Å²) in [4.78, 5) is 36.9. The molecule has 5 rings (SSSR count). The predicted molar refractivity (Wildman–Crippen MR) is 161 cm³/mol. The first-order valence-electron chi connectivity index (χ1n) is 14.9. The first kappa shape index (κ1) is 32.1. The lowest BCUT2D eigenvalue weighted by molar-refractivity contribution is -0.268. The number of carbonyl (C=O) groups is 3. The molecule has 3 aromatic carbocycles. The van der Waals surface area contributed by atoms with Crippen molar-refractivity contribution in [2.24, 2.45) is 0 Å². The minimum atomic E-state index is -0.840. The van der Waals surface area contributed by atoms with Crippen LogP contribution in [0.1, 0.15) is 46.0 Å². The summed E-state index contributed by atoms with van der Waals surface area (Å²) in [5.41, 5.74) is 1.81. The number of esters is 3. The van der Waals surface area contributed by atoms with E-state index in [2.05, 4.69) is 0 Å². The van der Waals surface area contributed by atoms with Crippen molar-refractivity contribution in [1.82, 2.24) is 0 Å². The van der Waals surface area contributed by atoms with Gasteiger partial charge in [0.25, 0.3) is 0 Å².